The van der Waals surface area contributed by atoms with Crippen molar-refractivity contribution in [2.75, 3.05) is 16.8 Å². The smallest absolute Gasteiger partial charge is 0.326 e. The van der Waals surface area contributed by atoms with Gasteiger partial charge in [-0.2, -0.15) is 9.97 Å². The summed E-state index contributed by atoms with van der Waals surface area (Å²) in [7, 11) is 0. The Morgan fingerprint density at radius 3 is 2.42 bits per heavy atom. The first-order valence-electron chi connectivity index (χ1n) is 9.82. The van der Waals surface area contributed by atoms with Gasteiger partial charge in [-0.1, -0.05) is 12.1 Å². The Balaban J connectivity index is 1.55. The highest BCUT2D eigenvalue weighted by Gasteiger charge is 2.21. The van der Waals surface area contributed by atoms with Crippen LogP contribution in [-0.2, 0) is 27.3 Å². The molecule has 0 saturated carbocycles. The van der Waals surface area contributed by atoms with Crippen LogP contribution < -0.4 is 22.1 Å². The van der Waals surface area contributed by atoms with Crippen molar-refractivity contribution in [3.8, 4) is 0 Å². The monoisotopic (exact) mass is 454 g/mol. The molecule has 13 nitrogen and oxygen atoms in total. The molecule has 172 valence electrons. The number of carbonyl (C=O) groups is 3. The van der Waals surface area contributed by atoms with Crippen LogP contribution in [0.5, 0.6) is 0 Å². The molecule has 3 aromatic rings. The average molecular weight is 454 g/mol. The van der Waals surface area contributed by atoms with E-state index in [0.29, 0.717) is 29.0 Å². The van der Waals surface area contributed by atoms with E-state index in [2.05, 4.69) is 30.6 Å². The van der Waals surface area contributed by atoms with Gasteiger partial charge in [0.1, 0.15) is 6.04 Å². The van der Waals surface area contributed by atoms with E-state index < -0.39 is 23.9 Å². The van der Waals surface area contributed by atoms with Crippen molar-refractivity contribution in [3.05, 3.63) is 41.7 Å². The van der Waals surface area contributed by atoms with E-state index in [1.54, 1.807) is 30.5 Å². The zero-order valence-electron chi connectivity index (χ0n) is 17.4. The lowest BCUT2D eigenvalue weighted by molar-refractivity contribution is -0.143. The number of benzene rings is 1. The van der Waals surface area contributed by atoms with Crippen molar-refractivity contribution >= 4 is 46.5 Å². The number of rotatable bonds is 10. The molecule has 3 rings (SSSR count). The Morgan fingerprint density at radius 1 is 1.03 bits per heavy atom. The fourth-order valence-electron chi connectivity index (χ4n) is 2.96. The van der Waals surface area contributed by atoms with Crippen LogP contribution in [0.1, 0.15) is 24.1 Å². The maximum atomic E-state index is 12.1. The third-order valence-corrected chi connectivity index (χ3v) is 4.57. The summed E-state index contributed by atoms with van der Waals surface area (Å²) in [6.07, 6.45) is 0.952. The maximum Gasteiger partial charge on any atom is 0.326 e. The van der Waals surface area contributed by atoms with E-state index in [-0.39, 0.29) is 31.0 Å². The number of carboxylic acids is 2. The van der Waals surface area contributed by atoms with E-state index in [9.17, 15) is 14.4 Å². The summed E-state index contributed by atoms with van der Waals surface area (Å²) < 4.78 is 0. The molecule has 1 aromatic carbocycles. The molecular formula is C20H22N8O5. The lowest BCUT2D eigenvalue weighted by Crippen LogP contribution is -2.41. The molecule has 33 heavy (non-hydrogen) atoms. The summed E-state index contributed by atoms with van der Waals surface area (Å²) >= 11 is 0. The van der Waals surface area contributed by atoms with Crippen LogP contribution in [0, 0.1) is 0 Å². The Hall–Kier alpha value is -4.55. The highest BCUT2D eigenvalue weighted by atomic mass is 16.4. The Bertz CT molecular complexity index is 1190. The van der Waals surface area contributed by atoms with Gasteiger partial charge in [-0.05, 0) is 24.1 Å². The average Bonchev–Trinajstić information content (AvgIpc) is 2.76. The van der Waals surface area contributed by atoms with Gasteiger partial charge in [0, 0.05) is 12.1 Å². The third kappa shape index (κ3) is 6.46. The van der Waals surface area contributed by atoms with Gasteiger partial charge in [0.2, 0.25) is 11.9 Å². The molecule has 0 saturated heterocycles. The van der Waals surface area contributed by atoms with Gasteiger partial charge in [0.15, 0.2) is 17.0 Å². The van der Waals surface area contributed by atoms with Gasteiger partial charge >= 0.3 is 11.9 Å². The van der Waals surface area contributed by atoms with Gasteiger partial charge in [-0.25, -0.2) is 14.8 Å². The topological polar surface area (TPSA) is 219 Å². The molecular weight excluding hydrogens is 432 g/mol. The lowest BCUT2D eigenvalue weighted by atomic mass is 10.1. The summed E-state index contributed by atoms with van der Waals surface area (Å²) in [5.74, 6) is -2.76. The van der Waals surface area contributed by atoms with Gasteiger partial charge < -0.3 is 32.3 Å². The number of carbonyl (C=O) groups excluding carboxylic acids is 1. The summed E-state index contributed by atoms with van der Waals surface area (Å²) in [6, 6.07) is 5.70. The first-order valence-corrected chi connectivity index (χ1v) is 9.82. The number of anilines is 3. The SMILES string of the molecule is Nc1nc(N)c2nc(CNc3ccc(CC(=O)NC(CCC(=O)O)C(=O)O)cc3)cnc2n1. The van der Waals surface area contributed by atoms with E-state index in [1.165, 1.54) is 0 Å². The fourth-order valence-corrected chi connectivity index (χ4v) is 2.96. The number of nitrogens with one attached hydrogen (secondary N) is 2. The van der Waals surface area contributed by atoms with E-state index >= 15 is 0 Å². The molecule has 0 aliphatic carbocycles. The number of nitrogens with zero attached hydrogens (tertiary/aromatic N) is 4. The van der Waals surface area contributed by atoms with Gasteiger partial charge in [-0.3, -0.25) is 9.59 Å². The van der Waals surface area contributed by atoms with Gasteiger partial charge in [0.25, 0.3) is 0 Å². The zero-order chi connectivity index (χ0) is 24.0. The number of hydrogen-bond donors (Lipinski definition) is 6. The van der Waals surface area contributed by atoms with E-state index in [0.717, 1.165) is 5.69 Å². The molecule has 2 aromatic heterocycles. The van der Waals surface area contributed by atoms with Crippen LogP contribution in [0.2, 0.25) is 0 Å². The molecule has 0 spiro atoms. The summed E-state index contributed by atoms with van der Waals surface area (Å²) in [4.78, 5) is 50.4. The molecule has 0 fully saturated rings. The molecule has 8 N–H and O–H groups in total. The molecule has 2 heterocycles. The van der Waals surface area contributed by atoms with E-state index in [1.807, 2.05) is 0 Å². The van der Waals surface area contributed by atoms with Crippen LogP contribution in [0.15, 0.2) is 30.5 Å². The van der Waals surface area contributed by atoms with Crippen molar-refractivity contribution < 1.29 is 24.6 Å². The molecule has 1 unspecified atom stereocenters. The normalized spacial score (nSPS) is 11.6. The van der Waals surface area contributed by atoms with Crippen molar-refractivity contribution in [3.63, 3.8) is 0 Å². The number of aromatic nitrogens is 4. The first-order chi connectivity index (χ1) is 15.7. The second-order valence-electron chi connectivity index (χ2n) is 7.12. The molecule has 1 atom stereocenters. The first kappa shape index (κ1) is 23.1. The number of aliphatic carboxylic acids is 2. The molecule has 0 radical (unpaired) electrons. The quantitative estimate of drug-likeness (QED) is 0.241. The number of hydrogen-bond acceptors (Lipinski definition) is 10. The number of fused-ring (bicyclic) bond motifs is 1. The minimum atomic E-state index is -1.28. The molecule has 0 bridgehead atoms. The molecule has 0 aliphatic heterocycles. The predicted octanol–water partition coefficient (Wildman–Crippen LogP) is 0.173. The number of nitrogen functional groups attached to an aromatic ring is 2. The molecule has 13 heteroatoms. The molecule has 0 aliphatic rings. The maximum absolute atomic E-state index is 12.1. The fraction of sp³-hybridized carbons (Fsp3) is 0.250. The summed E-state index contributed by atoms with van der Waals surface area (Å²) in [6.45, 7) is 0.344. The van der Waals surface area contributed by atoms with Crippen LogP contribution >= 0.6 is 0 Å². The van der Waals surface area contributed by atoms with Crippen molar-refractivity contribution in [1.29, 1.82) is 0 Å². The predicted molar refractivity (Wildman–Crippen MR) is 118 cm³/mol. The minimum absolute atomic E-state index is 0.0210. The zero-order valence-corrected chi connectivity index (χ0v) is 17.4. The lowest BCUT2D eigenvalue weighted by Gasteiger charge is -2.13. The van der Waals surface area contributed by atoms with Gasteiger partial charge in [-0.15, -0.1) is 0 Å². The van der Waals surface area contributed by atoms with Crippen LogP contribution in [-0.4, -0.2) is 54.0 Å². The van der Waals surface area contributed by atoms with E-state index in [4.69, 9.17) is 21.7 Å². The largest absolute Gasteiger partial charge is 0.481 e. The highest BCUT2D eigenvalue weighted by molar-refractivity contribution is 5.85. The Labute approximate surface area is 187 Å². The second-order valence-corrected chi connectivity index (χ2v) is 7.12. The summed E-state index contributed by atoms with van der Waals surface area (Å²) in [5, 5.41) is 23.3. The van der Waals surface area contributed by atoms with Crippen LogP contribution in [0.3, 0.4) is 0 Å². The summed E-state index contributed by atoms with van der Waals surface area (Å²) in [5.41, 5.74) is 14.0. The highest BCUT2D eigenvalue weighted by Crippen LogP contribution is 2.16. The van der Waals surface area contributed by atoms with Crippen molar-refractivity contribution in [1.82, 2.24) is 25.3 Å². The Kier molecular flexibility index (Phi) is 7.13. The van der Waals surface area contributed by atoms with Crippen LogP contribution in [0.4, 0.5) is 17.5 Å². The Morgan fingerprint density at radius 2 is 1.76 bits per heavy atom. The molecule has 1 amide bonds. The van der Waals surface area contributed by atoms with Crippen LogP contribution in [0.25, 0.3) is 11.2 Å². The van der Waals surface area contributed by atoms with Crippen molar-refractivity contribution in [2.24, 2.45) is 0 Å². The number of amides is 1. The number of carboxylic acid groups (broad SMARTS) is 2. The van der Waals surface area contributed by atoms with Gasteiger partial charge in [0.05, 0.1) is 24.9 Å². The standard InChI is InChI=1S/C20H22N8O5/c21-17-16-18(28-20(22)27-17)24-9-12(25-16)8-23-11-3-1-10(2-4-11)7-14(29)26-13(19(32)33)5-6-15(30)31/h1-4,9,13,23H,5-8H2,(H,26,29)(H,30,31)(H,32,33)(H4,21,22,24,27,28). The van der Waals surface area contributed by atoms with Crippen molar-refractivity contribution in [2.45, 2.75) is 31.8 Å². The third-order valence-electron chi connectivity index (χ3n) is 4.57. The number of nitrogens with two attached hydrogens (primary N) is 2. The second kappa shape index (κ2) is 10.2. The minimum Gasteiger partial charge on any atom is -0.481 e.